The normalized spacial score (nSPS) is 12.2. The maximum absolute atomic E-state index is 12.4. The summed E-state index contributed by atoms with van der Waals surface area (Å²) < 4.78 is 32.3. The number of sulfonamides is 1. The lowest BCUT2D eigenvalue weighted by molar-refractivity contribution is -0.384. The number of nitrogens with one attached hydrogen (secondary N) is 2. The van der Waals surface area contributed by atoms with Crippen LogP contribution in [0.15, 0.2) is 53.4 Å². The highest BCUT2D eigenvalue weighted by Crippen LogP contribution is 2.18. The van der Waals surface area contributed by atoms with E-state index in [9.17, 15) is 23.3 Å². The molecule has 1 amide bonds. The van der Waals surface area contributed by atoms with E-state index in [1.165, 1.54) is 55.5 Å². The van der Waals surface area contributed by atoms with Crippen molar-refractivity contribution in [3.05, 3.63) is 58.6 Å². The fourth-order valence-electron chi connectivity index (χ4n) is 2.18. The molecule has 144 valence electrons. The highest BCUT2D eigenvalue weighted by atomic mass is 32.2. The van der Waals surface area contributed by atoms with Crippen LogP contribution in [-0.2, 0) is 14.8 Å². The number of non-ortho nitro benzene ring substituents is 1. The Labute approximate surface area is 156 Å². The number of benzene rings is 2. The van der Waals surface area contributed by atoms with Gasteiger partial charge >= 0.3 is 0 Å². The minimum absolute atomic E-state index is 0.0130. The molecule has 0 bridgehead atoms. The van der Waals surface area contributed by atoms with E-state index in [1.807, 2.05) is 6.92 Å². The van der Waals surface area contributed by atoms with Crippen LogP contribution in [-0.4, -0.2) is 31.9 Å². The van der Waals surface area contributed by atoms with Gasteiger partial charge in [0.1, 0.15) is 5.75 Å². The zero-order valence-corrected chi connectivity index (χ0v) is 15.5. The standard InChI is InChI=1S/C17H19N3O6S/c1-3-26-15-7-9-16(10-8-15)27(24,25)19-12(2)17(21)18-13-5-4-6-14(11-13)20(22)23/h4-12,19H,3H2,1-2H3,(H,18,21)/t12-/m1/s1. The van der Waals surface area contributed by atoms with Gasteiger partial charge in [-0.25, -0.2) is 8.42 Å². The molecule has 0 spiro atoms. The number of anilines is 1. The maximum Gasteiger partial charge on any atom is 0.271 e. The second-order valence-corrected chi connectivity index (χ2v) is 7.26. The molecule has 2 aromatic carbocycles. The van der Waals surface area contributed by atoms with Crippen LogP contribution in [0, 0.1) is 10.1 Å². The number of nitrogens with zero attached hydrogens (tertiary/aromatic N) is 1. The molecule has 0 aliphatic carbocycles. The van der Waals surface area contributed by atoms with Gasteiger partial charge in [-0.15, -0.1) is 0 Å². The molecule has 27 heavy (non-hydrogen) atoms. The van der Waals surface area contributed by atoms with Crippen molar-refractivity contribution in [2.75, 3.05) is 11.9 Å². The summed E-state index contributed by atoms with van der Waals surface area (Å²) in [5, 5.41) is 13.2. The van der Waals surface area contributed by atoms with Gasteiger partial charge in [-0.3, -0.25) is 14.9 Å². The Morgan fingerprint density at radius 3 is 2.48 bits per heavy atom. The van der Waals surface area contributed by atoms with Crippen LogP contribution in [0.1, 0.15) is 13.8 Å². The summed E-state index contributed by atoms with van der Waals surface area (Å²) in [6.45, 7) is 3.64. The van der Waals surface area contributed by atoms with Crippen LogP contribution >= 0.6 is 0 Å². The van der Waals surface area contributed by atoms with E-state index < -0.39 is 26.9 Å². The zero-order valence-electron chi connectivity index (χ0n) is 14.7. The van der Waals surface area contributed by atoms with E-state index in [2.05, 4.69) is 10.0 Å². The van der Waals surface area contributed by atoms with Crippen LogP contribution in [0.3, 0.4) is 0 Å². The largest absolute Gasteiger partial charge is 0.494 e. The molecule has 2 rings (SSSR count). The number of hydrogen-bond donors (Lipinski definition) is 2. The number of hydrogen-bond acceptors (Lipinski definition) is 6. The first-order valence-electron chi connectivity index (χ1n) is 8.03. The Kier molecular flexibility index (Phi) is 6.48. The van der Waals surface area contributed by atoms with Crippen molar-refractivity contribution in [3.8, 4) is 5.75 Å². The van der Waals surface area contributed by atoms with Crippen LogP contribution in [0.4, 0.5) is 11.4 Å². The summed E-state index contributed by atoms with van der Waals surface area (Å²) in [7, 11) is -3.92. The van der Waals surface area contributed by atoms with E-state index in [0.29, 0.717) is 12.4 Å². The summed E-state index contributed by atoms with van der Waals surface area (Å²) in [5.74, 6) is -0.113. The fourth-order valence-corrected chi connectivity index (χ4v) is 3.39. The summed E-state index contributed by atoms with van der Waals surface area (Å²) in [6.07, 6.45) is 0. The average Bonchev–Trinajstić information content (AvgIpc) is 2.62. The molecule has 0 fully saturated rings. The number of amides is 1. The fraction of sp³-hybridized carbons (Fsp3) is 0.235. The molecule has 0 saturated heterocycles. The van der Waals surface area contributed by atoms with Crippen LogP contribution in [0.25, 0.3) is 0 Å². The van der Waals surface area contributed by atoms with Crippen molar-refractivity contribution >= 4 is 27.3 Å². The number of carbonyl (C=O) groups is 1. The molecular weight excluding hydrogens is 374 g/mol. The van der Waals surface area contributed by atoms with Crippen LogP contribution < -0.4 is 14.8 Å². The Hall–Kier alpha value is -2.98. The van der Waals surface area contributed by atoms with Crippen molar-refractivity contribution in [1.82, 2.24) is 4.72 Å². The van der Waals surface area contributed by atoms with Gasteiger partial charge in [0.15, 0.2) is 0 Å². The SMILES string of the molecule is CCOc1ccc(S(=O)(=O)N[C@H](C)C(=O)Nc2cccc([N+](=O)[O-])c2)cc1. The topological polar surface area (TPSA) is 128 Å². The summed E-state index contributed by atoms with van der Waals surface area (Å²) in [6, 6.07) is 10.1. The minimum atomic E-state index is -3.92. The maximum atomic E-state index is 12.4. The smallest absolute Gasteiger partial charge is 0.271 e. The molecule has 0 aliphatic heterocycles. The molecule has 1 atom stereocenters. The number of rotatable bonds is 8. The Morgan fingerprint density at radius 2 is 1.89 bits per heavy atom. The minimum Gasteiger partial charge on any atom is -0.494 e. The first kappa shape index (κ1) is 20.3. The van der Waals surface area contributed by atoms with Gasteiger partial charge in [0.05, 0.1) is 22.5 Å². The first-order chi connectivity index (χ1) is 12.7. The predicted octanol–water partition coefficient (Wildman–Crippen LogP) is 2.30. The zero-order chi connectivity index (χ0) is 20.0. The number of carbonyl (C=O) groups excluding carboxylic acids is 1. The van der Waals surface area contributed by atoms with E-state index >= 15 is 0 Å². The third kappa shape index (κ3) is 5.50. The van der Waals surface area contributed by atoms with Crippen molar-refractivity contribution in [3.63, 3.8) is 0 Å². The molecule has 10 heteroatoms. The van der Waals surface area contributed by atoms with Gasteiger partial charge in [-0.05, 0) is 44.2 Å². The summed E-state index contributed by atoms with van der Waals surface area (Å²) >= 11 is 0. The second-order valence-electron chi connectivity index (χ2n) is 5.54. The first-order valence-corrected chi connectivity index (χ1v) is 9.51. The molecule has 0 unspecified atom stereocenters. The summed E-state index contributed by atoms with van der Waals surface area (Å²) in [4.78, 5) is 22.4. The van der Waals surface area contributed by atoms with Gasteiger partial charge < -0.3 is 10.1 Å². The molecule has 0 aliphatic rings. The molecule has 9 nitrogen and oxygen atoms in total. The second kappa shape index (κ2) is 8.60. The molecule has 2 aromatic rings. The van der Waals surface area contributed by atoms with Crippen molar-refractivity contribution in [1.29, 1.82) is 0 Å². The molecular formula is C17H19N3O6S. The number of nitro groups is 1. The van der Waals surface area contributed by atoms with Gasteiger partial charge in [0, 0.05) is 17.8 Å². The van der Waals surface area contributed by atoms with E-state index in [4.69, 9.17) is 4.74 Å². The van der Waals surface area contributed by atoms with E-state index in [0.717, 1.165) is 0 Å². The third-order valence-corrected chi connectivity index (χ3v) is 5.05. The van der Waals surface area contributed by atoms with Gasteiger partial charge in [0.25, 0.3) is 5.69 Å². The number of ether oxygens (including phenoxy) is 1. The van der Waals surface area contributed by atoms with Crippen LogP contribution in [0.5, 0.6) is 5.75 Å². The van der Waals surface area contributed by atoms with Crippen LogP contribution in [0.2, 0.25) is 0 Å². The van der Waals surface area contributed by atoms with E-state index in [1.54, 1.807) is 0 Å². The highest BCUT2D eigenvalue weighted by Gasteiger charge is 2.22. The highest BCUT2D eigenvalue weighted by molar-refractivity contribution is 7.89. The lowest BCUT2D eigenvalue weighted by Crippen LogP contribution is -2.41. The monoisotopic (exact) mass is 393 g/mol. The Morgan fingerprint density at radius 1 is 1.22 bits per heavy atom. The lowest BCUT2D eigenvalue weighted by atomic mass is 10.2. The van der Waals surface area contributed by atoms with Crippen molar-refractivity contribution in [2.24, 2.45) is 0 Å². The average molecular weight is 393 g/mol. The lowest BCUT2D eigenvalue weighted by Gasteiger charge is -2.14. The quantitative estimate of drug-likeness (QED) is 0.523. The van der Waals surface area contributed by atoms with Gasteiger partial charge in [-0.1, -0.05) is 6.07 Å². The Balaban J connectivity index is 2.06. The predicted molar refractivity (Wildman–Crippen MR) is 99.1 cm³/mol. The van der Waals surface area contributed by atoms with Gasteiger partial charge in [0.2, 0.25) is 15.9 Å². The molecule has 0 radical (unpaired) electrons. The third-order valence-electron chi connectivity index (χ3n) is 3.49. The molecule has 0 aromatic heterocycles. The summed E-state index contributed by atoms with van der Waals surface area (Å²) in [5.41, 5.74) is 0.0109. The molecule has 0 heterocycles. The number of nitro benzene ring substituents is 1. The van der Waals surface area contributed by atoms with Crippen molar-refractivity contribution < 1.29 is 22.9 Å². The molecule has 0 saturated carbocycles. The van der Waals surface area contributed by atoms with Crippen molar-refractivity contribution in [2.45, 2.75) is 24.8 Å². The Bertz CT molecular complexity index is 928. The molecule has 2 N–H and O–H groups in total. The van der Waals surface area contributed by atoms with Gasteiger partial charge in [-0.2, -0.15) is 4.72 Å². The van der Waals surface area contributed by atoms with E-state index in [-0.39, 0.29) is 16.3 Å².